The lowest BCUT2D eigenvalue weighted by molar-refractivity contribution is -0.777. The summed E-state index contributed by atoms with van der Waals surface area (Å²) in [4.78, 5) is 4.21. The molecule has 1 fully saturated rings. The van der Waals surface area contributed by atoms with E-state index >= 15 is 0 Å². The highest BCUT2D eigenvalue weighted by molar-refractivity contribution is 7.94. The molecule has 62 heavy (non-hydrogen) atoms. The van der Waals surface area contributed by atoms with E-state index in [1.807, 2.05) is 79.4 Å². The van der Waals surface area contributed by atoms with E-state index in [0.717, 1.165) is 52.4 Å². The van der Waals surface area contributed by atoms with Gasteiger partial charge in [-0.3, -0.25) is 5.04 Å². The van der Waals surface area contributed by atoms with Gasteiger partial charge in [-0.05, 0) is 73.9 Å². The maximum atomic E-state index is 14.8. The fourth-order valence-corrected chi connectivity index (χ4v) is 10.7. The van der Waals surface area contributed by atoms with Gasteiger partial charge in [0, 0.05) is 86.9 Å². The van der Waals surface area contributed by atoms with Crippen molar-refractivity contribution in [3.8, 4) is 0 Å². The van der Waals surface area contributed by atoms with Crippen molar-refractivity contribution in [1.82, 2.24) is 0 Å². The molecule has 0 spiro atoms. The minimum Gasteiger partial charge on any atom is -0.748 e. The van der Waals surface area contributed by atoms with Crippen LogP contribution >= 0.6 is 12.0 Å². The number of hydrogen-bond donors (Lipinski definition) is 0. The van der Waals surface area contributed by atoms with E-state index in [1.54, 1.807) is 42.5 Å². The van der Waals surface area contributed by atoms with Crippen LogP contribution in [0.25, 0.3) is 0 Å². The van der Waals surface area contributed by atoms with Crippen LogP contribution in [0.1, 0.15) is 82.9 Å². The van der Waals surface area contributed by atoms with E-state index in [2.05, 4.69) is 28.1 Å². The lowest BCUT2D eigenvalue weighted by Crippen LogP contribution is -2.38. The van der Waals surface area contributed by atoms with E-state index in [0.29, 0.717) is 52.4 Å². The second-order valence-corrected chi connectivity index (χ2v) is 20.7. The van der Waals surface area contributed by atoms with E-state index in [4.69, 9.17) is 0 Å². The van der Waals surface area contributed by atoms with Gasteiger partial charge in [0.1, 0.15) is 0 Å². The molecule has 2 aliphatic heterocycles. The van der Waals surface area contributed by atoms with Gasteiger partial charge in [-0.15, -0.1) is 3.98 Å². The van der Waals surface area contributed by atoms with Gasteiger partial charge in [-0.2, -0.15) is 25.9 Å². The van der Waals surface area contributed by atoms with Crippen LogP contribution < -0.4 is 15.1 Å². The van der Waals surface area contributed by atoms with Gasteiger partial charge in [0.2, 0.25) is 5.71 Å². The van der Waals surface area contributed by atoms with E-state index < -0.39 is 48.8 Å². The molecule has 3 aromatic carbocycles. The van der Waals surface area contributed by atoms with Gasteiger partial charge in [0.05, 0.1) is 10.1 Å². The Morgan fingerprint density at radius 3 is 1.69 bits per heavy atom. The molecule has 0 saturated heterocycles. The number of alkyl halides is 3. The molecule has 0 amide bonds. The Hall–Kier alpha value is -4.23. The Morgan fingerprint density at radius 1 is 0.726 bits per heavy atom. The van der Waals surface area contributed by atoms with Crippen molar-refractivity contribution in [2.24, 2.45) is 0 Å². The molecule has 11 nitrogen and oxygen atoms in total. The molecule has 334 valence electrons. The van der Waals surface area contributed by atoms with Crippen LogP contribution in [0.2, 0.25) is 0 Å². The molecule has 0 aromatic heterocycles. The van der Waals surface area contributed by atoms with Crippen LogP contribution in [-0.4, -0.2) is 61.2 Å². The highest BCUT2D eigenvalue weighted by Crippen LogP contribution is 2.49. The molecular formula is C45H51F3N3O8S3-. The first-order valence-corrected chi connectivity index (χ1v) is 24.3. The molecule has 2 heterocycles. The average molecular weight is 915 g/mol. The molecule has 0 atom stereocenters. The summed E-state index contributed by atoms with van der Waals surface area (Å²) in [5.41, 5.74) is 0.0354. The minimum atomic E-state index is -5.93. The number of allylic oxidation sites excluding steroid dienone is 8. The molecule has 17 heteroatoms. The molecule has 1 aliphatic carbocycles. The van der Waals surface area contributed by atoms with Crippen molar-refractivity contribution >= 4 is 49.3 Å². The van der Waals surface area contributed by atoms with Crippen LogP contribution in [-0.2, 0) is 46.9 Å². The molecule has 0 unspecified atom stereocenters. The number of fused-ring (bicyclic) bond motifs is 2. The summed E-state index contributed by atoms with van der Waals surface area (Å²) in [6.07, 6.45) is 9.65. The fraction of sp³-hybridized carbons (Fsp3) is 0.400. The van der Waals surface area contributed by atoms with Crippen molar-refractivity contribution in [1.29, 1.82) is 0 Å². The van der Waals surface area contributed by atoms with Gasteiger partial charge in [-0.25, -0.2) is 8.42 Å². The Balaban J connectivity index is 1.50. The Bertz CT molecular complexity index is 2500. The summed E-state index contributed by atoms with van der Waals surface area (Å²) in [6.45, 7) is 8.59. The van der Waals surface area contributed by atoms with Crippen LogP contribution in [0.3, 0.4) is 0 Å². The molecule has 1 saturated carbocycles. The van der Waals surface area contributed by atoms with Gasteiger partial charge in [-0.1, -0.05) is 107 Å². The zero-order chi connectivity index (χ0) is 44.9. The third kappa shape index (κ3) is 10.2. The Labute approximate surface area is 366 Å². The third-order valence-corrected chi connectivity index (χ3v) is 14.6. The molecule has 0 radical (unpaired) electrons. The van der Waals surface area contributed by atoms with Gasteiger partial charge in [0.25, 0.3) is 0 Å². The number of nitrogens with zero attached hydrogens (tertiary/aromatic N) is 3. The predicted octanol–water partition coefficient (Wildman–Crippen LogP) is 8.48. The van der Waals surface area contributed by atoms with Gasteiger partial charge < -0.3 is 19.6 Å². The average Bonchev–Trinajstić information content (AvgIpc) is 3.78. The van der Waals surface area contributed by atoms with Crippen LogP contribution in [0.15, 0.2) is 126 Å². The molecule has 6 rings (SSSR count). The van der Waals surface area contributed by atoms with Crippen LogP contribution in [0.5, 0.6) is 0 Å². The maximum Gasteiger partial charge on any atom is 0.560 e. The highest BCUT2D eigenvalue weighted by atomic mass is 32.2. The standard InChI is InChI=1S/C45H52F3N3O8S3/c1-43(2)36-18-8-10-20-38(36)49(28-12-14-30-60-59-58-52)40(43)26-24-34-22-23-35(42(34)51(62(56,57)45(46,47)48)32-33-16-6-5-7-17-33)25-27-41-44(3,4)37-19-9-11-21-39(37)50(41)29-13-15-31-61(53,54)55/h5-11,16-21,24-27H,12-15,22-23,28-32H2,1-4H3,(H-,52,53,54,55)/p-1. The van der Waals surface area contributed by atoms with E-state index in [1.165, 1.54) is 0 Å². The summed E-state index contributed by atoms with van der Waals surface area (Å²) in [5, 5.41) is 13.7. The Kier molecular flexibility index (Phi) is 14.7. The number of halogens is 3. The monoisotopic (exact) mass is 914 g/mol. The topological polar surface area (TPSA) is 142 Å². The van der Waals surface area contributed by atoms with Crippen molar-refractivity contribution in [2.45, 2.75) is 89.1 Å². The summed E-state index contributed by atoms with van der Waals surface area (Å²) in [6, 6.07) is 23.9. The van der Waals surface area contributed by atoms with E-state index in [9.17, 15) is 39.8 Å². The number of hydrogen-bond acceptors (Lipinski definition) is 11. The highest BCUT2D eigenvalue weighted by Gasteiger charge is 2.57. The summed E-state index contributed by atoms with van der Waals surface area (Å²) >= 11 is 0.913. The Morgan fingerprint density at radius 2 is 1.21 bits per heavy atom. The summed E-state index contributed by atoms with van der Waals surface area (Å²) in [5.74, 6) is 0.0179. The summed E-state index contributed by atoms with van der Waals surface area (Å²) < 4.78 is 111. The number of para-hydroxylation sites is 2. The van der Waals surface area contributed by atoms with Crippen LogP contribution in [0.4, 0.5) is 24.5 Å². The molecule has 0 bridgehead atoms. The molecular weight excluding hydrogens is 864 g/mol. The SMILES string of the molecule is CC1(C)/C(=C\C=C2CCC(=C\C=C3\N(CCCCS(=O)(=O)[O-])c4ccccc4C3(C)C)/C2=[N+](/Cc2ccccc2)S(=O)(=O)C(F)(F)F)N(CCCCSOO[O-])c2ccccc21. The first-order valence-electron chi connectivity index (χ1n) is 20.4. The minimum absolute atomic E-state index is 0.0436. The van der Waals surface area contributed by atoms with Crippen molar-refractivity contribution < 1.29 is 53.2 Å². The summed E-state index contributed by atoms with van der Waals surface area (Å²) in [7, 11) is -10.3. The number of anilines is 2. The largest absolute Gasteiger partial charge is 0.748 e. The lowest BCUT2D eigenvalue weighted by Gasteiger charge is -2.27. The fourth-order valence-electron chi connectivity index (χ4n) is 8.67. The first-order chi connectivity index (χ1) is 29.3. The normalized spacial score (nSPS) is 20.8. The third-order valence-electron chi connectivity index (χ3n) is 11.7. The quantitative estimate of drug-likeness (QED) is 0.0322. The number of benzene rings is 3. The lowest BCUT2D eigenvalue weighted by atomic mass is 9.83. The molecule has 3 aliphatic rings. The number of rotatable bonds is 17. The maximum absolute atomic E-state index is 14.8. The zero-order valence-electron chi connectivity index (χ0n) is 35.1. The van der Waals surface area contributed by atoms with Crippen LogP contribution in [0, 0.1) is 0 Å². The first kappa shape index (κ1) is 47.3. The second kappa shape index (κ2) is 19.3. The van der Waals surface area contributed by atoms with Crippen molar-refractivity contribution in [3.63, 3.8) is 0 Å². The number of unbranched alkanes of at least 4 members (excludes halogenated alkanes) is 2. The van der Waals surface area contributed by atoms with Crippen molar-refractivity contribution in [2.75, 3.05) is 34.4 Å². The molecule has 0 N–H and O–H groups in total. The number of sulfonamides is 1. The van der Waals surface area contributed by atoms with Crippen molar-refractivity contribution in [3.05, 3.63) is 142 Å². The zero-order valence-corrected chi connectivity index (χ0v) is 37.5. The van der Waals surface area contributed by atoms with E-state index in [-0.39, 0.29) is 25.0 Å². The van der Waals surface area contributed by atoms with Gasteiger partial charge in [0.15, 0.2) is 6.54 Å². The smallest absolute Gasteiger partial charge is 0.560 e. The van der Waals surface area contributed by atoms with Gasteiger partial charge >= 0.3 is 15.5 Å². The predicted molar refractivity (Wildman–Crippen MR) is 233 cm³/mol. The second-order valence-electron chi connectivity index (χ2n) is 16.5. The molecule has 3 aromatic rings.